The molecule has 0 heterocycles. The average Bonchev–Trinajstić information content (AvgIpc) is 2.60. The molecule has 0 unspecified atom stereocenters. The van der Waals surface area contributed by atoms with Crippen LogP contribution in [0.1, 0.15) is 21.5 Å². The number of ether oxygens (including phenoxy) is 3. The highest BCUT2D eigenvalue weighted by Gasteiger charge is 2.12. The molecule has 0 atom stereocenters. The number of benzene rings is 2. The maximum Gasteiger partial charge on any atom is 0.387 e. The minimum Gasteiger partial charge on any atom is -0.496 e. The number of carbonyl (C=O) groups is 1. The van der Waals surface area contributed by atoms with E-state index in [-0.39, 0.29) is 24.0 Å². The van der Waals surface area contributed by atoms with Crippen molar-refractivity contribution in [2.75, 3.05) is 14.2 Å². The van der Waals surface area contributed by atoms with E-state index in [1.54, 1.807) is 31.4 Å². The van der Waals surface area contributed by atoms with Gasteiger partial charge in [0, 0.05) is 12.1 Å². The summed E-state index contributed by atoms with van der Waals surface area (Å²) in [7, 11) is 2.90. The van der Waals surface area contributed by atoms with Gasteiger partial charge in [-0.25, -0.2) is 0 Å². The van der Waals surface area contributed by atoms with Gasteiger partial charge in [-0.2, -0.15) is 8.78 Å². The van der Waals surface area contributed by atoms with Gasteiger partial charge in [0.05, 0.1) is 14.2 Å². The first-order chi connectivity index (χ1) is 11.9. The summed E-state index contributed by atoms with van der Waals surface area (Å²) in [6, 6.07) is 9.65. The van der Waals surface area contributed by atoms with Crippen molar-refractivity contribution in [3.8, 4) is 17.2 Å². The van der Waals surface area contributed by atoms with Crippen molar-refractivity contribution in [2.24, 2.45) is 0 Å². The number of halogens is 2. The van der Waals surface area contributed by atoms with Gasteiger partial charge in [-0.15, -0.1) is 0 Å². The van der Waals surface area contributed by atoms with Crippen LogP contribution in [0.3, 0.4) is 0 Å². The Bertz CT molecular complexity index is 750. The number of carbonyl (C=O) groups excluding carboxylic acids is 1. The normalized spacial score (nSPS) is 10.5. The summed E-state index contributed by atoms with van der Waals surface area (Å²) in [5.74, 6) is 0.466. The molecule has 0 spiro atoms. The fraction of sp³-hybridized carbons (Fsp3) is 0.278. The van der Waals surface area contributed by atoms with Crippen LogP contribution in [0.15, 0.2) is 36.4 Å². The predicted octanol–water partition coefficient (Wildman–Crippen LogP) is 3.54. The Labute approximate surface area is 144 Å². The van der Waals surface area contributed by atoms with Gasteiger partial charge in [0.2, 0.25) is 0 Å². The van der Waals surface area contributed by atoms with Crippen LogP contribution >= 0.6 is 0 Å². The van der Waals surface area contributed by atoms with E-state index >= 15 is 0 Å². The molecule has 134 valence electrons. The molecule has 0 bridgehead atoms. The highest BCUT2D eigenvalue weighted by molar-refractivity contribution is 5.94. The Morgan fingerprint density at radius 2 is 1.76 bits per heavy atom. The van der Waals surface area contributed by atoms with Gasteiger partial charge in [-0.3, -0.25) is 4.79 Å². The molecule has 2 aromatic rings. The van der Waals surface area contributed by atoms with Gasteiger partial charge >= 0.3 is 6.61 Å². The van der Waals surface area contributed by atoms with Crippen LogP contribution in [0.2, 0.25) is 0 Å². The Hall–Kier alpha value is -2.83. The quantitative estimate of drug-likeness (QED) is 0.829. The van der Waals surface area contributed by atoms with Crippen LogP contribution in [0.25, 0.3) is 0 Å². The number of methoxy groups -OCH3 is 2. The third kappa shape index (κ3) is 4.82. The Morgan fingerprint density at radius 1 is 1.04 bits per heavy atom. The molecule has 25 heavy (non-hydrogen) atoms. The predicted molar refractivity (Wildman–Crippen MR) is 88.5 cm³/mol. The molecule has 0 fully saturated rings. The van der Waals surface area contributed by atoms with E-state index in [4.69, 9.17) is 9.47 Å². The smallest absolute Gasteiger partial charge is 0.387 e. The van der Waals surface area contributed by atoms with E-state index in [0.717, 1.165) is 5.56 Å². The maximum atomic E-state index is 12.3. The number of aryl methyl sites for hydroxylation is 1. The summed E-state index contributed by atoms with van der Waals surface area (Å²) < 4.78 is 39.2. The average molecular weight is 351 g/mol. The van der Waals surface area contributed by atoms with Crippen molar-refractivity contribution < 1.29 is 27.8 Å². The van der Waals surface area contributed by atoms with Crippen molar-refractivity contribution in [1.29, 1.82) is 0 Å². The second-order valence-corrected chi connectivity index (χ2v) is 5.23. The zero-order chi connectivity index (χ0) is 18.4. The third-order valence-corrected chi connectivity index (χ3v) is 3.57. The van der Waals surface area contributed by atoms with Gasteiger partial charge < -0.3 is 19.5 Å². The van der Waals surface area contributed by atoms with Gasteiger partial charge in [0.15, 0.2) is 11.5 Å². The summed E-state index contributed by atoms with van der Waals surface area (Å²) in [4.78, 5) is 12.2. The van der Waals surface area contributed by atoms with Gasteiger partial charge in [0.25, 0.3) is 5.91 Å². The van der Waals surface area contributed by atoms with Crippen LogP contribution < -0.4 is 19.5 Å². The number of rotatable bonds is 7. The first kappa shape index (κ1) is 18.5. The van der Waals surface area contributed by atoms with E-state index in [1.165, 1.54) is 19.2 Å². The van der Waals surface area contributed by atoms with Crippen molar-refractivity contribution in [3.05, 3.63) is 53.1 Å². The van der Waals surface area contributed by atoms with Gasteiger partial charge in [0.1, 0.15) is 5.75 Å². The molecule has 0 saturated carbocycles. The summed E-state index contributed by atoms with van der Waals surface area (Å²) in [6.07, 6.45) is 0. The molecule has 0 aliphatic rings. The fourth-order valence-electron chi connectivity index (χ4n) is 2.26. The summed E-state index contributed by atoms with van der Waals surface area (Å²) >= 11 is 0. The van der Waals surface area contributed by atoms with Gasteiger partial charge in [-0.1, -0.05) is 12.1 Å². The van der Waals surface area contributed by atoms with Crippen molar-refractivity contribution in [3.63, 3.8) is 0 Å². The molecule has 0 aromatic heterocycles. The van der Waals surface area contributed by atoms with Crippen molar-refractivity contribution in [1.82, 2.24) is 5.32 Å². The second kappa shape index (κ2) is 8.32. The minimum atomic E-state index is -2.93. The van der Waals surface area contributed by atoms with Crippen LogP contribution in [0, 0.1) is 6.92 Å². The lowest BCUT2D eigenvalue weighted by Gasteiger charge is -2.12. The lowest BCUT2D eigenvalue weighted by molar-refractivity contribution is -0.0512. The van der Waals surface area contributed by atoms with Crippen LogP contribution in [0.5, 0.6) is 17.2 Å². The number of hydrogen-bond donors (Lipinski definition) is 1. The summed E-state index contributed by atoms with van der Waals surface area (Å²) in [6.45, 7) is -0.841. The standard InChI is InChI=1S/C18H19F2NO4/c1-11-4-6-13(9-15(11)23-2)17(22)21-10-12-5-7-14(25-18(19)20)16(8-12)24-3/h4-9,18H,10H2,1-3H3,(H,21,22). The zero-order valence-electron chi connectivity index (χ0n) is 14.1. The minimum absolute atomic E-state index is 0.0594. The van der Waals surface area contributed by atoms with E-state index in [0.29, 0.717) is 16.9 Å². The molecular formula is C18H19F2NO4. The summed E-state index contributed by atoms with van der Waals surface area (Å²) in [5, 5.41) is 2.76. The first-order valence-electron chi connectivity index (χ1n) is 7.49. The number of nitrogens with one attached hydrogen (secondary N) is 1. The van der Waals surface area contributed by atoms with E-state index in [2.05, 4.69) is 10.1 Å². The Kier molecular flexibility index (Phi) is 6.16. The fourth-order valence-corrected chi connectivity index (χ4v) is 2.26. The molecule has 0 aliphatic carbocycles. The lowest BCUT2D eigenvalue weighted by atomic mass is 10.1. The molecule has 0 radical (unpaired) electrons. The van der Waals surface area contributed by atoms with Crippen molar-refractivity contribution >= 4 is 5.91 Å². The summed E-state index contributed by atoms with van der Waals surface area (Å²) in [5.41, 5.74) is 2.08. The molecule has 0 aliphatic heterocycles. The van der Waals surface area contributed by atoms with E-state index in [9.17, 15) is 13.6 Å². The van der Waals surface area contributed by atoms with E-state index < -0.39 is 6.61 Å². The van der Waals surface area contributed by atoms with Crippen LogP contribution in [0.4, 0.5) is 8.78 Å². The molecule has 2 rings (SSSR count). The van der Waals surface area contributed by atoms with Crippen LogP contribution in [-0.4, -0.2) is 26.7 Å². The lowest BCUT2D eigenvalue weighted by Crippen LogP contribution is -2.22. The zero-order valence-corrected chi connectivity index (χ0v) is 14.1. The van der Waals surface area contributed by atoms with Crippen molar-refractivity contribution in [2.45, 2.75) is 20.1 Å². The molecule has 7 heteroatoms. The Balaban J connectivity index is 2.06. The first-order valence-corrected chi connectivity index (χ1v) is 7.49. The molecule has 5 nitrogen and oxygen atoms in total. The molecule has 0 saturated heterocycles. The van der Waals surface area contributed by atoms with E-state index in [1.807, 2.05) is 6.92 Å². The SMILES string of the molecule is COc1cc(C(=O)NCc2ccc(OC(F)F)c(OC)c2)ccc1C. The number of alkyl halides is 2. The van der Waals surface area contributed by atoms with Crippen LogP contribution in [-0.2, 0) is 6.54 Å². The third-order valence-electron chi connectivity index (χ3n) is 3.57. The van der Waals surface area contributed by atoms with Gasteiger partial charge in [-0.05, 0) is 42.3 Å². The highest BCUT2D eigenvalue weighted by Crippen LogP contribution is 2.29. The largest absolute Gasteiger partial charge is 0.496 e. The number of amides is 1. The molecule has 1 N–H and O–H groups in total. The number of hydrogen-bond acceptors (Lipinski definition) is 4. The molecule has 2 aromatic carbocycles. The Morgan fingerprint density at radius 3 is 2.40 bits per heavy atom. The highest BCUT2D eigenvalue weighted by atomic mass is 19.3. The topological polar surface area (TPSA) is 56.8 Å². The molecule has 1 amide bonds. The monoisotopic (exact) mass is 351 g/mol. The maximum absolute atomic E-state index is 12.3. The second-order valence-electron chi connectivity index (χ2n) is 5.23. The molecular weight excluding hydrogens is 332 g/mol.